The summed E-state index contributed by atoms with van der Waals surface area (Å²) in [6.07, 6.45) is 10.2. The van der Waals surface area contributed by atoms with Crippen LogP contribution in [0.1, 0.15) is 57.9 Å². The van der Waals surface area contributed by atoms with Gasteiger partial charge in [0.15, 0.2) is 0 Å². The summed E-state index contributed by atoms with van der Waals surface area (Å²) < 4.78 is 1.09. The van der Waals surface area contributed by atoms with Gasteiger partial charge in [-0.05, 0) is 89.8 Å². The van der Waals surface area contributed by atoms with Crippen LogP contribution in [0.5, 0.6) is 0 Å². The number of nitrogens with zero attached hydrogens (tertiary/aromatic N) is 1. The van der Waals surface area contributed by atoms with Gasteiger partial charge in [0.1, 0.15) is 5.82 Å². The summed E-state index contributed by atoms with van der Waals surface area (Å²) in [5.41, 5.74) is 2.64. The largest absolute Gasteiger partial charge is 0.365 e. The van der Waals surface area contributed by atoms with E-state index in [1.54, 1.807) is 0 Å². The second-order valence-electron chi connectivity index (χ2n) is 8.85. The second kappa shape index (κ2) is 4.24. The van der Waals surface area contributed by atoms with E-state index in [-0.39, 0.29) is 5.54 Å². The van der Waals surface area contributed by atoms with Gasteiger partial charge >= 0.3 is 0 Å². The molecule has 0 radical (unpaired) electrons. The van der Waals surface area contributed by atoms with E-state index in [1.165, 1.54) is 44.1 Å². The SMILES string of the molecule is Cc1cc(NC23CC4CC(C)(CC(C)(C4)C2)C3)ncc1Br. The van der Waals surface area contributed by atoms with Crippen LogP contribution >= 0.6 is 15.9 Å². The summed E-state index contributed by atoms with van der Waals surface area (Å²) >= 11 is 3.55. The molecule has 4 aliphatic rings. The van der Waals surface area contributed by atoms with Gasteiger partial charge in [0.2, 0.25) is 0 Å². The zero-order valence-corrected chi connectivity index (χ0v) is 14.9. The molecule has 0 saturated heterocycles. The first-order valence-electron chi connectivity index (χ1n) is 8.19. The van der Waals surface area contributed by atoms with Crippen molar-refractivity contribution in [2.24, 2.45) is 16.7 Å². The predicted octanol–water partition coefficient (Wildman–Crippen LogP) is 5.31. The highest BCUT2D eigenvalue weighted by Crippen LogP contribution is 2.66. The number of hydrogen-bond acceptors (Lipinski definition) is 2. The van der Waals surface area contributed by atoms with Crippen molar-refractivity contribution < 1.29 is 0 Å². The van der Waals surface area contributed by atoms with Crippen molar-refractivity contribution in [3.05, 3.63) is 22.3 Å². The topological polar surface area (TPSA) is 24.9 Å². The van der Waals surface area contributed by atoms with Gasteiger partial charge in [-0.3, -0.25) is 0 Å². The van der Waals surface area contributed by atoms with E-state index in [9.17, 15) is 0 Å². The van der Waals surface area contributed by atoms with Crippen molar-refractivity contribution in [1.29, 1.82) is 0 Å². The minimum atomic E-state index is 0.288. The Morgan fingerprint density at radius 2 is 1.81 bits per heavy atom. The molecule has 0 spiro atoms. The number of rotatable bonds is 2. The lowest BCUT2D eigenvalue weighted by Crippen LogP contribution is -2.61. The molecule has 4 saturated carbocycles. The van der Waals surface area contributed by atoms with Crippen LogP contribution in [0.25, 0.3) is 0 Å². The third-order valence-electron chi connectivity index (χ3n) is 6.07. The maximum atomic E-state index is 4.60. The van der Waals surface area contributed by atoms with Crippen molar-refractivity contribution in [2.45, 2.75) is 64.8 Å². The van der Waals surface area contributed by atoms with Gasteiger partial charge in [-0.1, -0.05) is 13.8 Å². The molecule has 114 valence electrons. The molecule has 2 atom stereocenters. The molecule has 1 N–H and O–H groups in total. The normalized spacial score (nSPS) is 44.1. The molecule has 5 rings (SSSR count). The van der Waals surface area contributed by atoms with Gasteiger partial charge in [-0.2, -0.15) is 0 Å². The van der Waals surface area contributed by atoms with Crippen molar-refractivity contribution in [3.63, 3.8) is 0 Å². The molecule has 21 heavy (non-hydrogen) atoms. The van der Waals surface area contributed by atoms with E-state index in [0.29, 0.717) is 10.8 Å². The Hall–Kier alpha value is -0.570. The maximum Gasteiger partial charge on any atom is 0.126 e. The summed E-state index contributed by atoms with van der Waals surface area (Å²) in [7, 11) is 0. The first-order chi connectivity index (χ1) is 9.79. The maximum absolute atomic E-state index is 4.60. The Kier molecular flexibility index (Phi) is 2.84. The molecule has 1 aromatic rings. The van der Waals surface area contributed by atoms with Gasteiger partial charge in [-0.25, -0.2) is 4.98 Å². The first kappa shape index (κ1) is 14.0. The quantitative estimate of drug-likeness (QED) is 0.782. The van der Waals surface area contributed by atoms with Crippen LogP contribution in [0.4, 0.5) is 5.82 Å². The zero-order chi connectivity index (χ0) is 14.9. The van der Waals surface area contributed by atoms with Crippen LogP contribution < -0.4 is 5.32 Å². The van der Waals surface area contributed by atoms with Crippen LogP contribution in [-0.4, -0.2) is 10.5 Å². The molecule has 0 amide bonds. The molecule has 2 unspecified atom stereocenters. The second-order valence-corrected chi connectivity index (χ2v) is 9.71. The van der Waals surface area contributed by atoms with Crippen LogP contribution in [-0.2, 0) is 0 Å². The summed E-state index contributed by atoms with van der Waals surface area (Å²) in [4.78, 5) is 4.60. The van der Waals surface area contributed by atoms with E-state index in [0.717, 1.165) is 16.2 Å². The van der Waals surface area contributed by atoms with Crippen molar-refractivity contribution in [1.82, 2.24) is 4.98 Å². The zero-order valence-electron chi connectivity index (χ0n) is 13.3. The van der Waals surface area contributed by atoms with Crippen molar-refractivity contribution in [2.75, 3.05) is 5.32 Å². The van der Waals surface area contributed by atoms with Crippen LogP contribution in [0, 0.1) is 23.7 Å². The highest BCUT2D eigenvalue weighted by molar-refractivity contribution is 9.10. The molecular weight excluding hydrogens is 324 g/mol. The van der Waals surface area contributed by atoms with E-state index in [4.69, 9.17) is 0 Å². The van der Waals surface area contributed by atoms with Crippen LogP contribution in [0.3, 0.4) is 0 Å². The fraction of sp³-hybridized carbons (Fsp3) is 0.722. The minimum Gasteiger partial charge on any atom is -0.365 e. The summed E-state index contributed by atoms with van der Waals surface area (Å²) in [5.74, 6) is 1.98. The predicted molar refractivity (Wildman–Crippen MR) is 90.4 cm³/mol. The van der Waals surface area contributed by atoms with E-state index in [2.05, 4.69) is 53.1 Å². The van der Waals surface area contributed by atoms with Crippen molar-refractivity contribution >= 4 is 21.7 Å². The molecule has 1 aromatic heterocycles. The molecule has 1 heterocycles. The molecule has 4 fully saturated rings. The van der Waals surface area contributed by atoms with Gasteiger partial charge in [0.25, 0.3) is 0 Å². The molecule has 0 aromatic carbocycles. The Morgan fingerprint density at radius 1 is 1.14 bits per heavy atom. The van der Waals surface area contributed by atoms with Gasteiger partial charge in [0, 0.05) is 16.2 Å². The Morgan fingerprint density at radius 3 is 2.38 bits per heavy atom. The standard InChI is InChI=1S/C18H25BrN2/c1-12-4-15(20-8-14(12)19)21-18-7-13-5-16(2,10-18)9-17(3,6-13)11-18/h4,8,13H,5-7,9-11H2,1-3H3,(H,20,21). The highest BCUT2D eigenvalue weighted by atomic mass is 79.9. The lowest BCUT2D eigenvalue weighted by Gasteiger charge is -2.65. The van der Waals surface area contributed by atoms with Crippen LogP contribution in [0.2, 0.25) is 0 Å². The summed E-state index contributed by atoms with van der Waals surface area (Å²) in [6, 6.07) is 2.19. The lowest BCUT2D eigenvalue weighted by molar-refractivity contribution is -0.0973. The van der Waals surface area contributed by atoms with E-state index >= 15 is 0 Å². The summed E-state index contributed by atoms with van der Waals surface area (Å²) in [6.45, 7) is 7.18. The molecule has 3 heteroatoms. The van der Waals surface area contributed by atoms with E-state index in [1.807, 2.05) is 6.20 Å². The highest BCUT2D eigenvalue weighted by Gasteiger charge is 2.60. The Balaban J connectivity index is 1.66. The number of nitrogens with one attached hydrogen (secondary N) is 1. The lowest BCUT2D eigenvalue weighted by atomic mass is 9.43. The number of hydrogen-bond donors (Lipinski definition) is 1. The first-order valence-corrected chi connectivity index (χ1v) is 8.99. The molecule has 0 aliphatic heterocycles. The molecule has 4 bridgehead atoms. The third kappa shape index (κ3) is 2.32. The average molecular weight is 349 g/mol. The number of pyridine rings is 1. The van der Waals surface area contributed by atoms with Gasteiger partial charge in [0.05, 0.1) is 0 Å². The number of aryl methyl sites for hydroxylation is 1. The average Bonchev–Trinajstić information content (AvgIpc) is 2.28. The van der Waals surface area contributed by atoms with Gasteiger partial charge in [-0.15, -0.1) is 0 Å². The fourth-order valence-corrected chi connectivity index (χ4v) is 6.68. The van der Waals surface area contributed by atoms with E-state index < -0.39 is 0 Å². The monoisotopic (exact) mass is 348 g/mol. The summed E-state index contributed by atoms with van der Waals surface area (Å²) in [5, 5.41) is 3.87. The Labute approximate surface area is 136 Å². The minimum absolute atomic E-state index is 0.288. The smallest absolute Gasteiger partial charge is 0.126 e. The van der Waals surface area contributed by atoms with Crippen LogP contribution in [0.15, 0.2) is 16.7 Å². The molecule has 4 aliphatic carbocycles. The molecule has 2 nitrogen and oxygen atoms in total. The van der Waals surface area contributed by atoms with Gasteiger partial charge < -0.3 is 5.32 Å². The number of halogens is 1. The molecular formula is C18H25BrN2. The van der Waals surface area contributed by atoms with Crippen molar-refractivity contribution in [3.8, 4) is 0 Å². The third-order valence-corrected chi connectivity index (χ3v) is 6.90. The fourth-order valence-electron chi connectivity index (χ4n) is 6.47. The number of anilines is 1. The number of aromatic nitrogens is 1. The Bertz CT molecular complexity index is 579.